The summed E-state index contributed by atoms with van der Waals surface area (Å²) < 4.78 is 12.3. The van der Waals surface area contributed by atoms with Crippen molar-refractivity contribution in [3.8, 4) is 5.75 Å². The molecular formula is C21H20N2O6S. The molecule has 1 heterocycles. The van der Waals surface area contributed by atoms with Crippen molar-refractivity contribution >= 4 is 36.4 Å². The van der Waals surface area contributed by atoms with Crippen LogP contribution in [0.25, 0.3) is 0 Å². The van der Waals surface area contributed by atoms with E-state index in [2.05, 4.69) is 17.5 Å². The summed E-state index contributed by atoms with van der Waals surface area (Å²) in [7, 11) is 0. The molecule has 1 N–H and O–H groups in total. The molecule has 156 valence electrons. The van der Waals surface area contributed by atoms with E-state index in [1.54, 1.807) is 49.4 Å². The molecule has 0 bridgehead atoms. The first-order chi connectivity index (χ1) is 14.4. The van der Waals surface area contributed by atoms with Gasteiger partial charge in [0.1, 0.15) is 5.75 Å². The zero-order valence-corrected chi connectivity index (χ0v) is 17.1. The van der Waals surface area contributed by atoms with E-state index in [1.165, 1.54) is 4.90 Å². The largest absolute Gasteiger partial charge is 0.482 e. The molecule has 0 saturated heterocycles. The Morgan fingerprint density at radius 1 is 1.10 bits per heavy atom. The Bertz CT molecular complexity index is 989. The molecule has 2 aromatic rings. The van der Waals surface area contributed by atoms with Gasteiger partial charge in [0.25, 0.3) is 11.8 Å². The summed E-state index contributed by atoms with van der Waals surface area (Å²) in [6.07, 6.45) is 0. The number of amides is 2. The van der Waals surface area contributed by atoms with Crippen molar-refractivity contribution in [3.05, 3.63) is 64.7 Å². The van der Waals surface area contributed by atoms with Gasteiger partial charge in [0.05, 0.1) is 13.2 Å². The van der Waals surface area contributed by atoms with E-state index in [0.29, 0.717) is 28.0 Å². The standard InChI is InChI=1S/C21H20N2O6S/c1-2-28-19(25)12-29-16-6-3-13(4-7-16)18(24)11-23-10-15-9-14(20(26)22-30)5-8-17(15)21(23)27/h3-9,30H,2,10-12H2,1H3,(H,22,26). The van der Waals surface area contributed by atoms with E-state index in [-0.39, 0.29) is 43.9 Å². The maximum absolute atomic E-state index is 12.6. The maximum Gasteiger partial charge on any atom is 0.344 e. The van der Waals surface area contributed by atoms with Gasteiger partial charge in [-0.05, 0) is 55.0 Å². The predicted molar refractivity (Wildman–Crippen MR) is 111 cm³/mol. The number of nitrogens with zero attached hydrogens (tertiary/aromatic N) is 1. The Balaban J connectivity index is 1.61. The average Bonchev–Trinajstić information content (AvgIpc) is 3.06. The van der Waals surface area contributed by atoms with Gasteiger partial charge < -0.3 is 14.4 Å². The molecule has 8 nitrogen and oxygen atoms in total. The highest BCUT2D eigenvalue weighted by molar-refractivity contribution is 7.78. The fourth-order valence-corrected chi connectivity index (χ4v) is 3.19. The number of fused-ring (bicyclic) bond motifs is 1. The second kappa shape index (κ2) is 9.45. The summed E-state index contributed by atoms with van der Waals surface area (Å²) in [4.78, 5) is 49.6. The fourth-order valence-electron chi connectivity index (χ4n) is 3.06. The molecule has 0 aliphatic carbocycles. The normalized spacial score (nSPS) is 12.3. The topological polar surface area (TPSA) is 102 Å². The van der Waals surface area contributed by atoms with Crippen LogP contribution in [0.5, 0.6) is 5.75 Å². The van der Waals surface area contributed by atoms with Gasteiger partial charge >= 0.3 is 5.97 Å². The molecule has 1 aliphatic rings. The zero-order valence-electron chi connectivity index (χ0n) is 16.2. The number of ether oxygens (including phenoxy) is 2. The quantitative estimate of drug-likeness (QED) is 0.379. The lowest BCUT2D eigenvalue weighted by molar-refractivity contribution is -0.145. The average molecular weight is 428 g/mol. The van der Waals surface area contributed by atoms with Crippen LogP contribution in [0.15, 0.2) is 42.5 Å². The Labute approximate surface area is 178 Å². The van der Waals surface area contributed by atoms with E-state index in [9.17, 15) is 19.2 Å². The van der Waals surface area contributed by atoms with Gasteiger partial charge in [0.15, 0.2) is 12.4 Å². The van der Waals surface area contributed by atoms with E-state index >= 15 is 0 Å². The number of benzene rings is 2. The first kappa shape index (κ1) is 21.4. The monoisotopic (exact) mass is 428 g/mol. The number of esters is 1. The molecule has 0 spiro atoms. The summed E-state index contributed by atoms with van der Waals surface area (Å²) >= 11 is 3.74. The van der Waals surface area contributed by atoms with Crippen molar-refractivity contribution in [3.63, 3.8) is 0 Å². The number of carbonyl (C=O) groups excluding carboxylic acids is 4. The minimum Gasteiger partial charge on any atom is -0.482 e. The van der Waals surface area contributed by atoms with Gasteiger partial charge in [-0.3, -0.25) is 19.1 Å². The molecule has 3 rings (SSSR count). The molecule has 1 aliphatic heterocycles. The highest BCUT2D eigenvalue weighted by Crippen LogP contribution is 2.24. The number of hydrogen-bond acceptors (Lipinski definition) is 7. The van der Waals surface area contributed by atoms with Crippen LogP contribution in [-0.4, -0.2) is 48.2 Å². The Hall–Kier alpha value is -3.33. The first-order valence-electron chi connectivity index (χ1n) is 9.21. The van der Waals surface area contributed by atoms with Crippen LogP contribution in [0.4, 0.5) is 0 Å². The van der Waals surface area contributed by atoms with Crippen LogP contribution >= 0.6 is 12.8 Å². The van der Waals surface area contributed by atoms with Crippen LogP contribution in [0.3, 0.4) is 0 Å². The third kappa shape index (κ3) is 4.80. The van der Waals surface area contributed by atoms with Crippen molar-refractivity contribution in [1.29, 1.82) is 0 Å². The van der Waals surface area contributed by atoms with E-state index in [1.807, 2.05) is 0 Å². The molecule has 9 heteroatoms. The SMILES string of the molecule is CCOC(=O)COc1ccc(C(=O)CN2Cc3cc(C(=O)NS)ccc3C2=O)cc1. The molecule has 0 unspecified atom stereocenters. The van der Waals surface area contributed by atoms with Crippen LogP contribution in [-0.2, 0) is 16.1 Å². The van der Waals surface area contributed by atoms with Gasteiger partial charge in [-0.2, -0.15) is 0 Å². The van der Waals surface area contributed by atoms with Crippen molar-refractivity contribution in [1.82, 2.24) is 9.62 Å². The van der Waals surface area contributed by atoms with Crippen molar-refractivity contribution < 1.29 is 28.7 Å². The molecule has 0 radical (unpaired) electrons. The number of carbonyl (C=O) groups is 4. The van der Waals surface area contributed by atoms with Gasteiger partial charge in [0.2, 0.25) is 0 Å². The fraction of sp³-hybridized carbons (Fsp3) is 0.238. The number of thiol groups is 1. The van der Waals surface area contributed by atoms with Gasteiger partial charge in [0, 0.05) is 23.2 Å². The number of Topliss-reactive ketones (excluding diaryl/α,β-unsaturated/α-hetero) is 1. The van der Waals surface area contributed by atoms with Gasteiger partial charge in [-0.25, -0.2) is 4.79 Å². The van der Waals surface area contributed by atoms with Crippen LogP contribution in [0.1, 0.15) is 43.6 Å². The molecule has 0 fully saturated rings. The van der Waals surface area contributed by atoms with Gasteiger partial charge in [-0.1, -0.05) is 12.8 Å². The van der Waals surface area contributed by atoms with Gasteiger partial charge in [-0.15, -0.1) is 0 Å². The Morgan fingerprint density at radius 2 is 1.80 bits per heavy atom. The maximum atomic E-state index is 12.6. The molecule has 30 heavy (non-hydrogen) atoms. The van der Waals surface area contributed by atoms with Crippen molar-refractivity contribution in [2.45, 2.75) is 13.5 Å². The van der Waals surface area contributed by atoms with Crippen molar-refractivity contribution in [2.75, 3.05) is 19.8 Å². The lowest BCUT2D eigenvalue weighted by atomic mass is 10.1. The number of rotatable bonds is 8. The summed E-state index contributed by atoms with van der Waals surface area (Å²) in [6, 6.07) is 11.1. The highest BCUT2D eigenvalue weighted by atomic mass is 32.1. The Kier molecular flexibility index (Phi) is 6.73. The molecule has 0 saturated carbocycles. The van der Waals surface area contributed by atoms with E-state index in [4.69, 9.17) is 9.47 Å². The summed E-state index contributed by atoms with van der Waals surface area (Å²) in [5.41, 5.74) is 1.96. The lowest BCUT2D eigenvalue weighted by Crippen LogP contribution is -2.30. The third-order valence-corrected chi connectivity index (χ3v) is 4.72. The van der Waals surface area contributed by atoms with E-state index < -0.39 is 5.97 Å². The van der Waals surface area contributed by atoms with Crippen LogP contribution in [0, 0.1) is 0 Å². The van der Waals surface area contributed by atoms with Crippen LogP contribution in [0.2, 0.25) is 0 Å². The second-order valence-corrected chi connectivity index (χ2v) is 6.74. The molecule has 2 amide bonds. The molecule has 2 aromatic carbocycles. The molecule has 0 aromatic heterocycles. The summed E-state index contributed by atoms with van der Waals surface area (Å²) in [6.45, 7) is 1.92. The summed E-state index contributed by atoms with van der Waals surface area (Å²) in [5, 5.41) is 0. The lowest BCUT2D eigenvalue weighted by Gasteiger charge is -2.14. The smallest absolute Gasteiger partial charge is 0.344 e. The second-order valence-electron chi connectivity index (χ2n) is 6.52. The predicted octanol–water partition coefficient (Wildman–Crippen LogP) is 2.04. The third-order valence-electron chi connectivity index (χ3n) is 4.52. The molecular weight excluding hydrogens is 408 g/mol. The van der Waals surface area contributed by atoms with Crippen LogP contribution < -0.4 is 9.46 Å². The zero-order chi connectivity index (χ0) is 21.7. The first-order valence-corrected chi connectivity index (χ1v) is 9.66. The number of nitrogens with one attached hydrogen (secondary N) is 1. The number of ketones is 1. The summed E-state index contributed by atoms with van der Waals surface area (Å²) in [5.74, 6) is -0.903. The highest BCUT2D eigenvalue weighted by Gasteiger charge is 2.29. The number of hydrogen-bond donors (Lipinski definition) is 2. The Morgan fingerprint density at radius 3 is 2.47 bits per heavy atom. The molecule has 0 atom stereocenters. The van der Waals surface area contributed by atoms with Crippen molar-refractivity contribution in [2.24, 2.45) is 0 Å². The van der Waals surface area contributed by atoms with E-state index in [0.717, 1.165) is 0 Å². The minimum atomic E-state index is -0.472. The minimum absolute atomic E-state index is 0.0926.